The number of rotatable bonds is 4. The van der Waals surface area contributed by atoms with Gasteiger partial charge in [-0.15, -0.1) is 0 Å². The van der Waals surface area contributed by atoms with Crippen LogP contribution in [0.1, 0.15) is 0 Å². The first-order chi connectivity index (χ1) is 11.0. The maximum atomic E-state index is 11.8. The van der Waals surface area contributed by atoms with E-state index < -0.39 is 10.0 Å². The molecule has 0 aliphatic carbocycles. The molecule has 120 valence electrons. The first-order valence-corrected chi connectivity index (χ1v) is 8.14. The maximum absolute atomic E-state index is 11.8. The van der Waals surface area contributed by atoms with Crippen molar-refractivity contribution in [3.8, 4) is 22.8 Å². The first kappa shape index (κ1) is 15.3. The Morgan fingerprint density at radius 2 is 1.83 bits per heavy atom. The Kier molecular flexibility index (Phi) is 3.70. The van der Waals surface area contributed by atoms with Crippen LogP contribution in [0.2, 0.25) is 0 Å². The molecular weight excluding hydrogens is 320 g/mol. The van der Waals surface area contributed by atoms with Crippen molar-refractivity contribution in [2.75, 3.05) is 14.2 Å². The van der Waals surface area contributed by atoms with Gasteiger partial charge in [-0.25, -0.2) is 13.6 Å². The Morgan fingerprint density at radius 3 is 2.48 bits per heavy atom. The predicted molar refractivity (Wildman–Crippen MR) is 83.9 cm³/mol. The van der Waals surface area contributed by atoms with Gasteiger partial charge < -0.3 is 14.0 Å². The highest BCUT2D eigenvalue weighted by atomic mass is 32.2. The number of hydrogen-bond donors (Lipinski definition) is 1. The van der Waals surface area contributed by atoms with Crippen LogP contribution in [0.3, 0.4) is 0 Å². The van der Waals surface area contributed by atoms with Crippen molar-refractivity contribution >= 4 is 21.0 Å². The highest BCUT2D eigenvalue weighted by Crippen LogP contribution is 2.44. The molecule has 0 aliphatic rings. The smallest absolute Gasteiger partial charge is 0.241 e. The molecule has 0 radical (unpaired) electrons. The van der Waals surface area contributed by atoms with Crippen molar-refractivity contribution in [2.45, 2.75) is 4.90 Å². The number of primary sulfonamides is 1. The van der Waals surface area contributed by atoms with E-state index >= 15 is 0 Å². The fourth-order valence-electron chi connectivity index (χ4n) is 2.43. The number of fused-ring (bicyclic) bond motifs is 1. The van der Waals surface area contributed by atoms with Crippen molar-refractivity contribution in [1.82, 2.24) is 5.16 Å². The second-order valence-corrected chi connectivity index (χ2v) is 6.28. The normalized spacial score (nSPS) is 11.6. The molecule has 8 heteroatoms. The van der Waals surface area contributed by atoms with Gasteiger partial charge in [-0.2, -0.15) is 0 Å². The fraction of sp³-hybridized carbons (Fsp3) is 0.133. The van der Waals surface area contributed by atoms with E-state index in [0.29, 0.717) is 28.0 Å². The Labute approximate surface area is 132 Å². The quantitative estimate of drug-likeness (QED) is 0.784. The van der Waals surface area contributed by atoms with Gasteiger partial charge in [0.15, 0.2) is 11.3 Å². The summed E-state index contributed by atoms with van der Waals surface area (Å²) >= 11 is 0. The van der Waals surface area contributed by atoms with Crippen LogP contribution in [-0.2, 0) is 10.0 Å². The zero-order chi connectivity index (χ0) is 16.6. The number of hydrogen-bond acceptors (Lipinski definition) is 6. The molecule has 0 fully saturated rings. The van der Waals surface area contributed by atoms with Crippen LogP contribution >= 0.6 is 0 Å². The van der Waals surface area contributed by atoms with E-state index in [1.165, 1.54) is 26.4 Å². The fourth-order valence-corrected chi connectivity index (χ4v) is 3.13. The number of methoxy groups -OCH3 is 2. The summed E-state index contributed by atoms with van der Waals surface area (Å²) in [4.78, 5) is -0.150. The molecule has 2 aromatic carbocycles. The van der Waals surface area contributed by atoms with E-state index in [4.69, 9.17) is 19.1 Å². The molecule has 0 aliphatic heterocycles. The van der Waals surface area contributed by atoms with Gasteiger partial charge in [0.1, 0.15) is 16.3 Å². The molecule has 0 amide bonds. The van der Waals surface area contributed by atoms with E-state index in [1.807, 2.05) is 18.2 Å². The summed E-state index contributed by atoms with van der Waals surface area (Å²) in [6, 6.07) is 10.0. The third-order valence-electron chi connectivity index (χ3n) is 3.43. The molecule has 0 bridgehead atoms. The van der Waals surface area contributed by atoms with Crippen LogP contribution in [0, 0.1) is 0 Å². The minimum Gasteiger partial charge on any atom is -0.496 e. The number of para-hydroxylation sites is 1. The van der Waals surface area contributed by atoms with Gasteiger partial charge in [0, 0.05) is 5.39 Å². The largest absolute Gasteiger partial charge is 0.496 e. The average molecular weight is 334 g/mol. The van der Waals surface area contributed by atoms with Gasteiger partial charge in [-0.3, -0.25) is 0 Å². The molecule has 3 rings (SSSR count). The summed E-state index contributed by atoms with van der Waals surface area (Å²) in [5.74, 6) is 0.458. The Balaban J connectivity index is 2.42. The van der Waals surface area contributed by atoms with Crippen molar-refractivity contribution in [2.24, 2.45) is 5.14 Å². The summed E-state index contributed by atoms with van der Waals surface area (Å²) in [5, 5.41) is 10.0. The molecule has 23 heavy (non-hydrogen) atoms. The number of sulfonamides is 1. The van der Waals surface area contributed by atoms with Gasteiger partial charge in [-0.05, 0) is 24.3 Å². The van der Waals surface area contributed by atoms with Gasteiger partial charge in [0.25, 0.3) is 0 Å². The van der Waals surface area contributed by atoms with E-state index in [1.54, 1.807) is 6.07 Å². The topological polar surface area (TPSA) is 105 Å². The molecule has 0 spiro atoms. The standard InChI is InChI=1S/C15H14N2O5S/c1-20-11-7-8-12(23(16,18)19)15(21-2)13(11)14-9-5-3-4-6-10(9)22-17-14/h3-8H,1-2H3,(H2,16,18,19). The number of nitrogens with zero attached hydrogens (tertiary/aromatic N) is 1. The highest BCUT2D eigenvalue weighted by Gasteiger charge is 2.26. The van der Waals surface area contributed by atoms with E-state index in [-0.39, 0.29) is 10.6 Å². The minimum absolute atomic E-state index is 0.0610. The Hall–Kier alpha value is -2.58. The molecule has 2 N–H and O–H groups in total. The molecule has 0 saturated heterocycles. The zero-order valence-electron chi connectivity index (χ0n) is 12.4. The SMILES string of the molecule is COc1ccc(S(N)(=O)=O)c(OC)c1-c1noc2ccccc12. The number of nitrogens with two attached hydrogens (primary N) is 1. The molecule has 0 unspecified atom stereocenters. The van der Waals surface area contributed by atoms with E-state index in [2.05, 4.69) is 5.16 Å². The molecule has 0 saturated carbocycles. The summed E-state index contributed by atoms with van der Waals surface area (Å²) in [6.07, 6.45) is 0. The molecule has 0 atom stereocenters. The lowest BCUT2D eigenvalue weighted by atomic mass is 10.1. The average Bonchev–Trinajstić information content (AvgIpc) is 2.96. The lowest BCUT2D eigenvalue weighted by molar-refractivity contribution is 0.387. The third kappa shape index (κ3) is 2.51. The number of ether oxygens (including phenoxy) is 2. The van der Waals surface area contributed by atoms with Crippen molar-refractivity contribution in [3.05, 3.63) is 36.4 Å². The maximum Gasteiger partial charge on any atom is 0.241 e. The third-order valence-corrected chi connectivity index (χ3v) is 4.36. The Morgan fingerprint density at radius 1 is 1.09 bits per heavy atom. The molecular formula is C15H14N2O5S. The predicted octanol–water partition coefficient (Wildman–Crippen LogP) is 2.16. The van der Waals surface area contributed by atoms with E-state index in [0.717, 1.165) is 0 Å². The van der Waals surface area contributed by atoms with Crippen LogP contribution in [-0.4, -0.2) is 27.8 Å². The number of aromatic nitrogens is 1. The molecule has 7 nitrogen and oxygen atoms in total. The van der Waals surface area contributed by atoms with E-state index in [9.17, 15) is 8.42 Å². The summed E-state index contributed by atoms with van der Waals surface area (Å²) < 4.78 is 39.5. The first-order valence-electron chi connectivity index (χ1n) is 6.60. The van der Waals surface area contributed by atoms with Gasteiger partial charge in [-0.1, -0.05) is 17.3 Å². The second kappa shape index (κ2) is 5.56. The van der Waals surface area contributed by atoms with Crippen LogP contribution in [0.25, 0.3) is 22.2 Å². The molecule has 1 aromatic heterocycles. The van der Waals surface area contributed by atoms with Crippen LogP contribution in [0.5, 0.6) is 11.5 Å². The van der Waals surface area contributed by atoms with Gasteiger partial charge in [0.05, 0.1) is 19.8 Å². The van der Waals surface area contributed by atoms with Crippen molar-refractivity contribution in [3.63, 3.8) is 0 Å². The number of benzene rings is 2. The highest BCUT2D eigenvalue weighted by molar-refractivity contribution is 7.89. The van der Waals surface area contributed by atoms with Crippen molar-refractivity contribution in [1.29, 1.82) is 0 Å². The lowest BCUT2D eigenvalue weighted by Crippen LogP contribution is -2.14. The minimum atomic E-state index is -3.98. The summed E-state index contributed by atoms with van der Waals surface area (Å²) in [7, 11) is -1.15. The second-order valence-electron chi connectivity index (χ2n) is 4.75. The molecule has 1 heterocycles. The van der Waals surface area contributed by atoms with Crippen LogP contribution < -0.4 is 14.6 Å². The Bertz CT molecular complexity index is 979. The van der Waals surface area contributed by atoms with Crippen molar-refractivity contribution < 1.29 is 22.4 Å². The lowest BCUT2D eigenvalue weighted by Gasteiger charge is -2.14. The van der Waals surface area contributed by atoms with Crippen LogP contribution in [0.15, 0.2) is 45.8 Å². The van der Waals surface area contributed by atoms with Crippen LogP contribution in [0.4, 0.5) is 0 Å². The summed E-state index contributed by atoms with van der Waals surface area (Å²) in [5.41, 5.74) is 1.35. The van der Waals surface area contributed by atoms with Gasteiger partial charge >= 0.3 is 0 Å². The zero-order valence-corrected chi connectivity index (χ0v) is 13.3. The van der Waals surface area contributed by atoms with Gasteiger partial charge in [0.2, 0.25) is 10.0 Å². The molecule has 3 aromatic rings. The summed E-state index contributed by atoms with van der Waals surface area (Å²) in [6.45, 7) is 0. The monoisotopic (exact) mass is 334 g/mol.